The molecule has 2 rings (SSSR count). The van der Waals surface area contributed by atoms with Crippen LogP contribution >= 0.6 is 39.1 Å². The Kier molecular flexibility index (Phi) is 4.55. The van der Waals surface area contributed by atoms with E-state index in [1.165, 1.54) is 12.1 Å². The van der Waals surface area contributed by atoms with Crippen molar-refractivity contribution in [3.05, 3.63) is 56.2 Å². The van der Waals surface area contributed by atoms with Gasteiger partial charge in [0.2, 0.25) is 0 Å². The van der Waals surface area contributed by atoms with E-state index in [1.807, 2.05) is 0 Å². The predicted octanol–water partition coefficient (Wildman–Crippen LogP) is 5.21. The van der Waals surface area contributed by atoms with Crippen LogP contribution in [0.4, 0.5) is 10.1 Å². The molecule has 0 aliphatic heterocycles. The van der Waals surface area contributed by atoms with Gasteiger partial charge in [0.15, 0.2) is 5.82 Å². The molecule has 0 radical (unpaired) electrons. The first-order valence-electron chi connectivity index (χ1n) is 5.33. The second-order valence-electron chi connectivity index (χ2n) is 3.88. The molecule has 19 heavy (non-hydrogen) atoms. The van der Waals surface area contributed by atoms with Gasteiger partial charge in [-0.1, -0.05) is 39.1 Å². The molecular formula is C13H9BrCl2FNO. The van der Waals surface area contributed by atoms with Crippen LogP contribution in [0.25, 0.3) is 0 Å². The molecule has 0 aromatic heterocycles. The summed E-state index contributed by atoms with van der Waals surface area (Å²) in [5, 5.41) is 12.6. The highest BCUT2D eigenvalue weighted by atomic mass is 79.9. The smallest absolute Gasteiger partial charge is 0.160 e. The topological polar surface area (TPSA) is 32.3 Å². The minimum Gasteiger partial charge on any atom is -0.508 e. The van der Waals surface area contributed by atoms with Crippen molar-refractivity contribution >= 4 is 44.8 Å². The number of aromatic hydroxyl groups is 1. The van der Waals surface area contributed by atoms with Crippen molar-refractivity contribution in [3.63, 3.8) is 0 Å². The van der Waals surface area contributed by atoms with Gasteiger partial charge in [-0.05, 0) is 30.3 Å². The summed E-state index contributed by atoms with van der Waals surface area (Å²) < 4.78 is 14.1. The SMILES string of the molecule is Oc1ccc(Br)cc1CNc1cc(Cl)c(F)c(Cl)c1. The maximum Gasteiger partial charge on any atom is 0.160 e. The molecule has 0 atom stereocenters. The summed E-state index contributed by atoms with van der Waals surface area (Å²) in [5.41, 5.74) is 1.28. The zero-order valence-electron chi connectivity index (χ0n) is 9.55. The average molecular weight is 365 g/mol. The number of anilines is 1. The fourth-order valence-electron chi connectivity index (χ4n) is 1.55. The highest BCUT2D eigenvalue weighted by Crippen LogP contribution is 2.28. The van der Waals surface area contributed by atoms with Gasteiger partial charge in [-0.15, -0.1) is 0 Å². The fourth-order valence-corrected chi connectivity index (χ4v) is 2.45. The number of rotatable bonds is 3. The van der Waals surface area contributed by atoms with Crippen LogP contribution < -0.4 is 5.32 Å². The Labute approximate surface area is 128 Å². The molecule has 2 N–H and O–H groups in total. The first kappa shape index (κ1) is 14.4. The molecule has 0 amide bonds. The number of phenolic OH excluding ortho intramolecular Hbond substituents is 1. The van der Waals surface area contributed by atoms with Gasteiger partial charge in [0.05, 0.1) is 10.0 Å². The van der Waals surface area contributed by atoms with E-state index in [2.05, 4.69) is 21.2 Å². The van der Waals surface area contributed by atoms with Crippen LogP contribution in [-0.4, -0.2) is 5.11 Å². The Morgan fingerprint density at radius 1 is 1.16 bits per heavy atom. The number of hydrogen-bond donors (Lipinski definition) is 2. The predicted molar refractivity (Wildman–Crippen MR) is 79.6 cm³/mol. The van der Waals surface area contributed by atoms with E-state index in [0.717, 1.165) is 4.47 Å². The second-order valence-corrected chi connectivity index (χ2v) is 5.61. The van der Waals surface area contributed by atoms with E-state index in [0.29, 0.717) is 17.8 Å². The molecule has 0 saturated carbocycles. The molecule has 2 aromatic rings. The zero-order chi connectivity index (χ0) is 14.0. The Bertz CT molecular complexity index is 599. The minimum absolute atomic E-state index is 0.0477. The van der Waals surface area contributed by atoms with Gasteiger partial charge >= 0.3 is 0 Å². The largest absolute Gasteiger partial charge is 0.508 e. The molecule has 0 fully saturated rings. The van der Waals surface area contributed by atoms with Crippen LogP contribution in [0.15, 0.2) is 34.8 Å². The lowest BCUT2D eigenvalue weighted by Gasteiger charge is -2.10. The molecule has 0 spiro atoms. The maximum absolute atomic E-state index is 13.3. The van der Waals surface area contributed by atoms with Gasteiger partial charge in [-0.3, -0.25) is 0 Å². The third-order valence-corrected chi connectivity index (χ3v) is 3.55. The van der Waals surface area contributed by atoms with E-state index in [9.17, 15) is 9.50 Å². The van der Waals surface area contributed by atoms with Crippen LogP contribution in [0.3, 0.4) is 0 Å². The first-order chi connectivity index (χ1) is 8.97. The van der Waals surface area contributed by atoms with E-state index < -0.39 is 5.82 Å². The number of halogens is 4. The van der Waals surface area contributed by atoms with Crippen molar-refractivity contribution in [2.24, 2.45) is 0 Å². The lowest BCUT2D eigenvalue weighted by Crippen LogP contribution is -2.00. The third-order valence-electron chi connectivity index (χ3n) is 2.51. The summed E-state index contributed by atoms with van der Waals surface area (Å²) in [4.78, 5) is 0. The summed E-state index contributed by atoms with van der Waals surface area (Å²) in [6, 6.07) is 8.00. The zero-order valence-corrected chi connectivity index (χ0v) is 12.7. The van der Waals surface area contributed by atoms with Crippen molar-refractivity contribution in [2.75, 3.05) is 5.32 Å². The van der Waals surface area contributed by atoms with Gasteiger partial charge in [0.1, 0.15) is 5.75 Å². The second kappa shape index (κ2) is 5.99. The van der Waals surface area contributed by atoms with Crippen LogP contribution in [0.5, 0.6) is 5.75 Å². The van der Waals surface area contributed by atoms with Gasteiger partial charge in [-0.2, -0.15) is 0 Å². The van der Waals surface area contributed by atoms with E-state index in [1.54, 1.807) is 18.2 Å². The molecule has 0 heterocycles. The summed E-state index contributed by atoms with van der Waals surface area (Å²) in [7, 11) is 0. The molecular weight excluding hydrogens is 356 g/mol. The molecule has 0 unspecified atom stereocenters. The van der Waals surface area contributed by atoms with Gasteiger partial charge < -0.3 is 10.4 Å². The molecule has 6 heteroatoms. The highest BCUT2D eigenvalue weighted by molar-refractivity contribution is 9.10. The van der Waals surface area contributed by atoms with Crippen molar-refractivity contribution in [2.45, 2.75) is 6.54 Å². The summed E-state index contributed by atoms with van der Waals surface area (Å²) in [6.45, 7) is 0.365. The highest BCUT2D eigenvalue weighted by Gasteiger charge is 2.08. The van der Waals surface area contributed by atoms with Crippen LogP contribution in [-0.2, 0) is 6.54 Å². The normalized spacial score (nSPS) is 10.5. The molecule has 0 aliphatic carbocycles. The van der Waals surface area contributed by atoms with Gasteiger partial charge in [0.25, 0.3) is 0 Å². The van der Waals surface area contributed by atoms with Crippen LogP contribution in [0.1, 0.15) is 5.56 Å². The number of nitrogens with one attached hydrogen (secondary N) is 1. The minimum atomic E-state index is -0.640. The van der Waals surface area contributed by atoms with Gasteiger partial charge in [0, 0.05) is 22.3 Å². The fraction of sp³-hybridized carbons (Fsp3) is 0.0769. The van der Waals surface area contributed by atoms with E-state index in [4.69, 9.17) is 23.2 Å². The van der Waals surface area contributed by atoms with Crippen molar-refractivity contribution in [1.29, 1.82) is 0 Å². The summed E-state index contributed by atoms with van der Waals surface area (Å²) >= 11 is 14.7. The van der Waals surface area contributed by atoms with Gasteiger partial charge in [-0.25, -0.2) is 4.39 Å². The summed E-state index contributed by atoms with van der Waals surface area (Å²) in [6.07, 6.45) is 0. The quantitative estimate of drug-likeness (QED) is 0.732. The standard InChI is InChI=1S/C13H9BrCl2FNO/c14-8-1-2-12(19)7(3-8)6-18-9-4-10(15)13(17)11(16)5-9/h1-5,18-19H,6H2. The van der Waals surface area contributed by atoms with E-state index >= 15 is 0 Å². The molecule has 100 valence electrons. The Morgan fingerprint density at radius 3 is 2.42 bits per heavy atom. The number of benzene rings is 2. The molecule has 2 nitrogen and oxygen atoms in total. The molecule has 2 aromatic carbocycles. The number of hydrogen-bond acceptors (Lipinski definition) is 2. The maximum atomic E-state index is 13.3. The molecule has 0 saturated heterocycles. The molecule has 0 bridgehead atoms. The number of phenols is 1. The Morgan fingerprint density at radius 2 is 1.79 bits per heavy atom. The van der Waals surface area contributed by atoms with Crippen LogP contribution in [0.2, 0.25) is 10.0 Å². The summed E-state index contributed by atoms with van der Waals surface area (Å²) in [5.74, 6) is -0.464. The Hall–Kier alpha value is -0.970. The third kappa shape index (κ3) is 3.53. The Balaban J connectivity index is 2.17. The lowest BCUT2D eigenvalue weighted by molar-refractivity contribution is 0.469. The monoisotopic (exact) mass is 363 g/mol. The first-order valence-corrected chi connectivity index (χ1v) is 6.88. The lowest BCUT2D eigenvalue weighted by atomic mass is 10.2. The van der Waals surface area contributed by atoms with Crippen molar-refractivity contribution in [1.82, 2.24) is 0 Å². The van der Waals surface area contributed by atoms with Crippen LogP contribution in [0, 0.1) is 5.82 Å². The average Bonchev–Trinajstić information content (AvgIpc) is 2.37. The van der Waals surface area contributed by atoms with Crippen molar-refractivity contribution < 1.29 is 9.50 Å². The van der Waals surface area contributed by atoms with E-state index in [-0.39, 0.29) is 15.8 Å². The molecule has 0 aliphatic rings. The van der Waals surface area contributed by atoms with Crippen molar-refractivity contribution in [3.8, 4) is 5.75 Å².